The van der Waals surface area contributed by atoms with Crippen LogP contribution in [0, 0.1) is 0 Å². The Bertz CT molecular complexity index is 107. The summed E-state index contributed by atoms with van der Waals surface area (Å²) < 4.78 is 0. The molecule has 0 fully saturated rings. The van der Waals surface area contributed by atoms with E-state index in [2.05, 4.69) is 47.2 Å². The second-order valence-electron chi connectivity index (χ2n) is 3.69. The number of hydrogen-bond acceptors (Lipinski definition) is 2. The van der Waals surface area contributed by atoms with E-state index in [-0.39, 0.29) is 0 Å². The Hall–Kier alpha value is 0.400. The van der Waals surface area contributed by atoms with E-state index in [1.54, 1.807) is 0 Å². The fourth-order valence-corrected chi connectivity index (χ4v) is 1.84. The van der Waals surface area contributed by atoms with Crippen molar-refractivity contribution in [3.05, 3.63) is 0 Å². The van der Waals surface area contributed by atoms with Gasteiger partial charge in [-0.25, -0.2) is 0 Å². The van der Waals surface area contributed by atoms with Gasteiger partial charge < -0.3 is 10.2 Å². The fraction of sp³-hybridized carbons (Fsp3) is 1.00. The first-order valence-electron chi connectivity index (χ1n) is 5.14. The number of hydrogen-bond donors (Lipinski definition) is 1. The Labute approximate surface area is 91.2 Å². The molecule has 0 spiro atoms. The molecule has 0 bridgehead atoms. The van der Waals surface area contributed by atoms with Crippen molar-refractivity contribution in [3.63, 3.8) is 0 Å². The molecule has 0 saturated heterocycles. The molecule has 0 saturated carbocycles. The molecular formula is C10H23BrN2. The van der Waals surface area contributed by atoms with Gasteiger partial charge in [-0.2, -0.15) is 0 Å². The average molecular weight is 251 g/mol. The summed E-state index contributed by atoms with van der Waals surface area (Å²) in [5.41, 5.74) is 0. The monoisotopic (exact) mass is 250 g/mol. The summed E-state index contributed by atoms with van der Waals surface area (Å²) in [7, 11) is 4.24. The van der Waals surface area contributed by atoms with Crippen molar-refractivity contribution in [1.29, 1.82) is 0 Å². The Kier molecular flexibility index (Phi) is 9.25. The summed E-state index contributed by atoms with van der Waals surface area (Å²) in [5, 5.41) is 4.67. The predicted molar refractivity (Wildman–Crippen MR) is 63.7 cm³/mol. The molecular weight excluding hydrogens is 228 g/mol. The summed E-state index contributed by atoms with van der Waals surface area (Å²) in [6, 6.07) is 0.696. The molecule has 2 nitrogen and oxygen atoms in total. The Morgan fingerprint density at radius 1 is 1.38 bits per heavy atom. The minimum absolute atomic E-state index is 0.696. The number of nitrogens with zero attached hydrogens (tertiary/aromatic N) is 1. The molecule has 0 aliphatic carbocycles. The van der Waals surface area contributed by atoms with Crippen LogP contribution in [0.3, 0.4) is 0 Å². The summed E-state index contributed by atoms with van der Waals surface area (Å²) >= 11 is 3.47. The first kappa shape index (κ1) is 13.4. The van der Waals surface area contributed by atoms with Gasteiger partial charge in [0, 0.05) is 11.4 Å². The van der Waals surface area contributed by atoms with Crippen LogP contribution in [0.25, 0.3) is 0 Å². The van der Waals surface area contributed by atoms with E-state index in [1.807, 2.05) is 0 Å². The van der Waals surface area contributed by atoms with Crippen LogP contribution < -0.4 is 5.32 Å². The van der Waals surface area contributed by atoms with Crippen LogP contribution >= 0.6 is 15.9 Å². The average Bonchev–Trinajstić information content (AvgIpc) is 2.10. The molecule has 0 aliphatic heterocycles. The van der Waals surface area contributed by atoms with Gasteiger partial charge in [0.15, 0.2) is 0 Å². The summed E-state index contributed by atoms with van der Waals surface area (Å²) in [6.45, 7) is 4.56. The third-order valence-corrected chi connectivity index (χ3v) is 2.62. The lowest BCUT2D eigenvalue weighted by Gasteiger charge is -2.16. The number of halogens is 1. The number of nitrogens with one attached hydrogen (secondary N) is 1. The standard InChI is InChI=1S/C10H23BrN2/c1-4-10(6-7-11)12-8-5-9-13(2)3/h10,12H,4-9H2,1-3H3. The van der Waals surface area contributed by atoms with Crippen LogP contribution in [-0.4, -0.2) is 43.5 Å². The molecule has 0 radical (unpaired) electrons. The molecule has 1 N–H and O–H groups in total. The van der Waals surface area contributed by atoms with Crippen LogP contribution in [-0.2, 0) is 0 Å². The van der Waals surface area contributed by atoms with E-state index in [0.29, 0.717) is 6.04 Å². The molecule has 0 rings (SSSR count). The molecule has 0 aliphatic rings. The van der Waals surface area contributed by atoms with Crippen LogP contribution in [0.15, 0.2) is 0 Å². The summed E-state index contributed by atoms with van der Waals surface area (Å²) in [4.78, 5) is 2.23. The lowest BCUT2D eigenvalue weighted by atomic mass is 10.2. The molecule has 0 amide bonds. The van der Waals surface area contributed by atoms with Crippen molar-refractivity contribution in [2.75, 3.05) is 32.5 Å². The van der Waals surface area contributed by atoms with E-state index in [9.17, 15) is 0 Å². The maximum atomic E-state index is 3.57. The molecule has 80 valence electrons. The van der Waals surface area contributed by atoms with Crippen molar-refractivity contribution in [1.82, 2.24) is 10.2 Å². The molecule has 0 aromatic rings. The Morgan fingerprint density at radius 2 is 2.08 bits per heavy atom. The van der Waals surface area contributed by atoms with E-state index >= 15 is 0 Å². The van der Waals surface area contributed by atoms with E-state index in [4.69, 9.17) is 0 Å². The fourth-order valence-electron chi connectivity index (χ4n) is 1.28. The molecule has 1 unspecified atom stereocenters. The SMILES string of the molecule is CCC(CCBr)NCCCN(C)C. The summed E-state index contributed by atoms with van der Waals surface area (Å²) in [5.74, 6) is 0. The van der Waals surface area contributed by atoms with Crippen molar-refractivity contribution < 1.29 is 0 Å². The Morgan fingerprint density at radius 3 is 2.54 bits per heavy atom. The molecule has 3 heteroatoms. The highest BCUT2D eigenvalue weighted by Gasteiger charge is 2.02. The summed E-state index contributed by atoms with van der Waals surface area (Å²) in [6.07, 6.45) is 3.71. The van der Waals surface area contributed by atoms with Gasteiger partial charge in [0.1, 0.15) is 0 Å². The van der Waals surface area contributed by atoms with E-state index < -0.39 is 0 Å². The normalized spacial score (nSPS) is 13.6. The number of rotatable bonds is 8. The van der Waals surface area contributed by atoms with Crippen molar-refractivity contribution in [2.24, 2.45) is 0 Å². The van der Waals surface area contributed by atoms with Gasteiger partial charge in [0.25, 0.3) is 0 Å². The highest BCUT2D eigenvalue weighted by Crippen LogP contribution is 2.00. The van der Waals surface area contributed by atoms with E-state index in [0.717, 1.165) is 11.9 Å². The largest absolute Gasteiger partial charge is 0.314 e. The van der Waals surface area contributed by atoms with Crippen molar-refractivity contribution >= 4 is 15.9 Å². The lowest BCUT2D eigenvalue weighted by molar-refractivity contribution is 0.382. The zero-order valence-corrected chi connectivity index (χ0v) is 10.7. The molecule has 0 aromatic heterocycles. The van der Waals surface area contributed by atoms with Crippen LogP contribution in [0.4, 0.5) is 0 Å². The van der Waals surface area contributed by atoms with Crippen molar-refractivity contribution in [2.45, 2.75) is 32.2 Å². The predicted octanol–water partition coefficient (Wildman–Crippen LogP) is 2.09. The number of alkyl halides is 1. The maximum Gasteiger partial charge on any atom is 0.00724 e. The molecule has 0 heterocycles. The van der Waals surface area contributed by atoms with Gasteiger partial charge in [-0.3, -0.25) is 0 Å². The minimum Gasteiger partial charge on any atom is -0.314 e. The third kappa shape index (κ3) is 8.72. The van der Waals surface area contributed by atoms with E-state index in [1.165, 1.54) is 25.8 Å². The zero-order chi connectivity index (χ0) is 10.1. The highest BCUT2D eigenvalue weighted by atomic mass is 79.9. The highest BCUT2D eigenvalue weighted by molar-refractivity contribution is 9.09. The molecule has 0 aromatic carbocycles. The maximum absolute atomic E-state index is 3.57. The van der Waals surface area contributed by atoms with Gasteiger partial charge >= 0.3 is 0 Å². The van der Waals surface area contributed by atoms with Gasteiger partial charge in [0.05, 0.1) is 0 Å². The van der Waals surface area contributed by atoms with Crippen LogP contribution in [0.2, 0.25) is 0 Å². The third-order valence-electron chi connectivity index (χ3n) is 2.17. The second kappa shape index (κ2) is 8.97. The first-order chi connectivity index (χ1) is 6.20. The van der Waals surface area contributed by atoms with Crippen LogP contribution in [0.1, 0.15) is 26.2 Å². The van der Waals surface area contributed by atoms with Crippen molar-refractivity contribution in [3.8, 4) is 0 Å². The molecule has 13 heavy (non-hydrogen) atoms. The first-order valence-corrected chi connectivity index (χ1v) is 6.27. The quantitative estimate of drug-likeness (QED) is 0.525. The van der Waals surface area contributed by atoms with Gasteiger partial charge in [0.2, 0.25) is 0 Å². The van der Waals surface area contributed by atoms with Gasteiger partial charge in [-0.05, 0) is 46.4 Å². The molecule has 1 atom stereocenters. The smallest absolute Gasteiger partial charge is 0.00724 e. The van der Waals surface area contributed by atoms with Crippen LogP contribution in [0.5, 0.6) is 0 Å². The van der Waals surface area contributed by atoms with Gasteiger partial charge in [-0.1, -0.05) is 22.9 Å². The second-order valence-corrected chi connectivity index (χ2v) is 4.49. The Balaban J connectivity index is 3.27. The zero-order valence-electron chi connectivity index (χ0n) is 9.15. The van der Waals surface area contributed by atoms with Gasteiger partial charge in [-0.15, -0.1) is 0 Å². The minimum atomic E-state index is 0.696. The topological polar surface area (TPSA) is 15.3 Å². The lowest BCUT2D eigenvalue weighted by Crippen LogP contribution is -2.31.